The van der Waals surface area contributed by atoms with Crippen LogP contribution >= 0.6 is 0 Å². The first-order valence-corrected chi connectivity index (χ1v) is 9.22. The largest absolute Gasteiger partial charge is 0.350 e. The standard InChI is InChI=1S/C20H26N4O2/c1-3-21-20(26)22-19(25)18(15-9-5-4-6-10-15)24-14-8-12-17(24)16-11-7-13-23(16)2/h4-7,9-11,13,17-18H,3,8,12,14H2,1-2H3,(H2,21,22,25,26)/p+1/t17-,18+/m1/s1. The Kier molecular flexibility index (Phi) is 5.73. The number of carbonyl (C=O) groups is 2. The number of aryl methyl sites for hydroxylation is 1. The molecule has 0 spiro atoms. The van der Waals surface area contributed by atoms with Gasteiger partial charge in [0, 0.05) is 38.2 Å². The Morgan fingerprint density at radius 3 is 2.65 bits per heavy atom. The third-order valence-electron chi connectivity index (χ3n) is 5.09. The van der Waals surface area contributed by atoms with Crippen LogP contribution in [-0.2, 0) is 11.8 Å². The van der Waals surface area contributed by atoms with E-state index in [1.165, 1.54) is 10.6 Å². The molecule has 3 N–H and O–H groups in total. The average Bonchev–Trinajstić information content (AvgIpc) is 3.25. The maximum absolute atomic E-state index is 13.0. The number of likely N-dealkylation sites (tertiary alicyclic amines) is 1. The number of benzene rings is 1. The first kappa shape index (κ1) is 18.2. The second-order valence-electron chi connectivity index (χ2n) is 6.76. The van der Waals surface area contributed by atoms with Gasteiger partial charge >= 0.3 is 6.03 Å². The van der Waals surface area contributed by atoms with Gasteiger partial charge in [0.1, 0.15) is 6.04 Å². The molecule has 1 aliphatic heterocycles. The molecule has 3 amide bonds. The van der Waals surface area contributed by atoms with Crippen LogP contribution in [0.1, 0.15) is 43.1 Å². The highest BCUT2D eigenvalue weighted by molar-refractivity contribution is 5.96. The van der Waals surface area contributed by atoms with E-state index in [1.807, 2.05) is 56.6 Å². The number of quaternary nitrogens is 1. The minimum Gasteiger partial charge on any atom is -0.350 e. The average molecular weight is 355 g/mol. The number of imide groups is 1. The Bertz CT molecular complexity index is 756. The summed E-state index contributed by atoms with van der Waals surface area (Å²) in [7, 11) is 2.04. The van der Waals surface area contributed by atoms with Crippen molar-refractivity contribution in [2.45, 2.75) is 31.8 Å². The van der Waals surface area contributed by atoms with Gasteiger partial charge in [0.15, 0.2) is 6.04 Å². The molecule has 3 rings (SSSR count). The summed E-state index contributed by atoms with van der Waals surface area (Å²) in [6, 6.07) is 13.3. The number of nitrogens with zero attached hydrogens (tertiary/aromatic N) is 1. The van der Waals surface area contributed by atoms with E-state index in [4.69, 9.17) is 0 Å². The van der Waals surface area contributed by atoms with E-state index in [-0.39, 0.29) is 11.9 Å². The number of amides is 3. The lowest BCUT2D eigenvalue weighted by atomic mass is 10.0. The van der Waals surface area contributed by atoms with Crippen molar-refractivity contribution >= 4 is 11.9 Å². The summed E-state index contributed by atoms with van der Waals surface area (Å²) in [5.41, 5.74) is 2.16. The lowest BCUT2D eigenvalue weighted by Crippen LogP contribution is -3.12. The minimum absolute atomic E-state index is 0.236. The highest BCUT2D eigenvalue weighted by Gasteiger charge is 2.41. The first-order valence-electron chi connectivity index (χ1n) is 9.22. The van der Waals surface area contributed by atoms with Crippen LogP contribution in [-0.4, -0.2) is 29.6 Å². The van der Waals surface area contributed by atoms with E-state index in [0.29, 0.717) is 6.54 Å². The Morgan fingerprint density at radius 2 is 2.00 bits per heavy atom. The van der Waals surface area contributed by atoms with Crippen molar-refractivity contribution in [2.75, 3.05) is 13.1 Å². The molecule has 0 radical (unpaired) electrons. The molecule has 6 nitrogen and oxygen atoms in total. The Morgan fingerprint density at radius 1 is 1.23 bits per heavy atom. The summed E-state index contributed by atoms with van der Waals surface area (Å²) >= 11 is 0. The van der Waals surface area contributed by atoms with E-state index in [2.05, 4.69) is 21.3 Å². The molecule has 0 bridgehead atoms. The Balaban J connectivity index is 1.91. The summed E-state index contributed by atoms with van der Waals surface area (Å²) in [6.07, 6.45) is 4.13. The number of aromatic nitrogens is 1. The van der Waals surface area contributed by atoms with Gasteiger partial charge in [-0.25, -0.2) is 4.79 Å². The lowest BCUT2D eigenvalue weighted by Gasteiger charge is -2.29. The van der Waals surface area contributed by atoms with Crippen LogP contribution in [0.25, 0.3) is 0 Å². The zero-order valence-corrected chi connectivity index (χ0v) is 15.4. The van der Waals surface area contributed by atoms with Crippen LogP contribution in [0.15, 0.2) is 48.7 Å². The summed E-state index contributed by atoms with van der Waals surface area (Å²) in [5, 5.41) is 5.16. The molecular formula is C20H27N4O2+. The van der Waals surface area contributed by atoms with E-state index in [0.717, 1.165) is 24.9 Å². The van der Waals surface area contributed by atoms with Gasteiger partial charge in [0.25, 0.3) is 5.91 Å². The van der Waals surface area contributed by atoms with Crippen molar-refractivity contribution in [1.29, 1.82) is 0 Å². The zero-order valence-electron chi connectivity index (χ0n) is 15.4. The van der Waals surface area contributed by atoms with Gasteiger partial charge in [-0.3, -0.25) is 10.1 Å². The fourth-order valence-electron chi connectivity index (χ4n) is 3.96. The van der Waals surface area contributed by atoms with Crippen molar-refractivity contribution in [3.8, 4) is 0 Å². The summed E-state index contributed by atoms with van der Waals surface area (Å²) in [5.74, 6) is -0.252. The zero-order chi connectivity index (χ0) is 18.5. The first-order chi connectivity index (χ1) is 12.6. The maximum Gasteiger partial charge on any atom is 0.321 e. The van der Waals surface area contributed by atoms with Crippen molar-refractivity contribution in [1.82, 2.24) is 15.2 Å². The molecular weight excluding hydrogens is 328 g/mol. The number of hydrogen-bond acceptors (Lipinski definition) is 2. The highest BCUT2D eigenvalue weighted by atomic mass is 16.2. The molecule has 0 saturated carbocycles. The van der Waals surface area contributed by atoms with Crippen LogP contribution in [0.5, 0.6) is 0 Å². The second kappa shape index (κ2) is 8.19. The van der Waals surface area contributed by atoms with Crippen molar-refractivity contribution in [2.24, 2.45) is 7.05 Å². The molecule has 6 heteroatoms. The molecule has 3 atom stereocenters. The quantitative estimate of drug-likeness (QED) is 0.758. The van der Waals surface area contributed by atoms with E-state index >= 15 is 0 Å². The number of urea groups is 1. The predicted molar refractivity (Wildman–Crippen MR) is 99.6 cm³/mol. The fourth-order valence-corrected chi connectivity index (χ4v) is 3.96. The van der Waals surface area contributed by atoms with Crippen LogP contribution < -0.4 is 15.5 Å². The molecule has 1 aliphatic rings. The molecule has 1 fully saturated rings. The molecule has 2 heterocycles. The Hall–Kier alpha value is -2.60. The molecule has 1 aromatic heterocycles. The SMILES string of the molecule is CCNC(=O)NC(=O)[C@H](c1ccccc1)[NH+]1CCC[C@@H]1c1cccn1C. The van der Waals surface area contributed by atoms with Gasteiger partial charge in [-0.05, 0) is 19.1 Å². The van der Waals surface area contributed by atoms with Gasteiger partial charge in [0.2, 0.25) is 0 Å². The van der Waals surface area contributed by atoms with E-state index in [9.17, 15) is 9.59 Å². The number of nitrogens with one attached hydrogen (secondary N) is 3. The third kappa shape index (κ3) is 3.80. The fraction of sp³-hybridized carbons (Fsp3) is 0.400. The lowest BCUT2D eigenvalue weighted by molar-refractivity contribution is -0.940. The molecule has 2 aromatic rings. The summed E-state index contributed by atoms with van der Waals surface area (Å²) < 4.78 is 2.12. The number of hydrogen-bond donors (Lipinski definition) is 3. The molecule has 26 heavy (non-hydrogen) atoms. The van der Waals surface area contributed by atoms with Gasteiger partial charge in [-0.2, -0.15) is 0 Å². The van der Waals surface area contributed by atoms with Crippen molar-refractivity contribution in [3.05, 3.63) is 59.9 Å². The molecule has 1 saturated heterocycles. The van der Waals surface area contributed by atoms with Gasteiger partial charge in [0.05, 0.1) is 12.2 Å². The van der Waals surface area contributed by atoms with Crippen LogP contribution in [0.3, 0.4) is 0 Å². The van der Waals surface area contributed by atoms with Gasteiger partial charge < -0.3 is 14.8 Å². The highest BCUT2D eigenvalue weighted by Crippen LogP contribution is 2.23. The smallest absolute Gasteiger partial charge is 0.321 e. The minimum atomic E-state index is -0.438. The molecule has 138 valence electrons. The number of carbonyl (C=O) groups excluding carboxylic acids is 2. The summed E-state index contributed by atoms with van der Waals surface area (Å²) in [4.78, 5) is 26.1. The van der Waals surface area contributed by atoms with Crippen LogP contribution in [0.4, 0.5) is 4.79 Å². The summed E-state index contributed by atoms with van der Waals surface area (Å²) in [6.45, 7) is 3.21. The van der Waals surface area contributed by atoms with E-state index < -0.39 is 12.1 Å². The maximum atomic E-state index is 13.0. The second-order valence-corrected chi connectivity index (χ2v) is 6.76. The molecule has 1 unspecified atom stereocenters. The third-order valence-corrected chi connectivity index (χ3v) is 5.09. The predicted octanol–water partition coefficient (Wildman–Crippen LogP) is 1.33. The monoisotopic (exact) mass is 355 g/mol. The van der Waals surface area contributed by atoms with Crippen LogP contribution in [0, 0.1) is 0 Å². The van der Waals surface area contributed by atoms with Crippen molar-refractivity contribution in [3.63, 3.8) is 0 Å². The number of rotatable bonds is 5. The van der Waals surface area contributed by atoms with Gasteiger partial charge in [-0.1, -0.05) is 30.3 Å². The normalized spacial score (nSPS) is 20.5. The molecule has 0 aliphatic carbocycles. The molecule has 1 aromatic carbocycles. The Labute approximate surface area is 154 Å². The topological polar surface area (TPSA) is 67.6 Å². The van der Waals surface area contributed by atoms with Crippen molar-refractivity contribution < 1.29 is 14.5 Å². The van der Waals surface area contributed by atoms with Gasteiger partial charge in [-0.15, -0.1) is 0 Å². The van der Waals surface area contributed by atoms with Crippen LogP contribution in [0.2, 0.25) is 0 Å². The van der Waals surface area contributed by atoms with E-state index in [1.54, 1.807) is 0 Å².